The number of halogens is 8. The second-order valence-electron chi connectivity index (χ2n) is 9.20. The average molecular weight is 643 g/mol. The predicted octanol–water partition coefficient (Wildman–Crippen LogP) is 5.25. The van der Waals surface area contributed by atoms with Crippen LogP contribution in [0.3, 0.4) is 0 Å². The van der Waals surface area contributed by atoms with E-state index in [-0.39, 0.29) is 45.1 Å². The third-order valence-corrected chi connectivity index (χ3v) is 6.56. The third-order valence-electron chi connectivity index (χ3n) is 6.24. The molecule has 0 bridgehead atoms. The van der Waals surface area contributed by atoms with Gasteiger partial charge in [-0.25, -0.2) is 13.8 Å². The standard InChI is InChI=1S/C26H18ClF7N8O2/c1-13-7-14(10-35)8-16(22(43)36-2)21(13)37-23(44)19-9-15(39-42(19)18-6-4-3-5-17(18)27)11-41-12-20(38-40-41)24(28,25(29,30)31)26(32,33)34/h3-9,12H,11H2,1-2H3,(H,36,43)(H,37,44). The summed E-state index contributed by atoms with van der Waals surface area (Å²) in [5.41, 5.74) is -7.54. The number of para-hydroxylation sites is 1. The van der Waals surface area contributed by atoms with Crippen LogP contribution in [0.2, 0.25) is 5.02 Å². The maximum absolute atomic E-state index is 14.4. The van der Waals surface area contributed by atoms with Gasteiger partial charge < -0.3 is 10.6 Å². The zero-order chi connectivity index (χ0) is 32.6. The highest BCUT2D eigenvalue weighted by Gasteiger charge is 2.75. The Bertz CT molecular complexity index is 1780. The Balaban J connectivity index is 1.77. The van der Waals surface area contributed by atoms with Gasteiger partial charge in [0.1, 0.15) is 11.4 Å². The molecule has 0 saturated carbocycles. The molecule has 2 N–H and O–H groups in total. The average Bonchev–Trinajstić information content (AvgIpc) is 3.59. The topological polar surface area (TPSA) is 131 Å². The molecule has 0 atom stereocenters. The molecule has 0 fully saturated rings. The van der Waals surface area contributed by atoms with Crippen LogP contribution in [-0.2, 0) is 12.2 Å². The van der Waals surface area contributed by atoms with E-state index in [1.54, 1.807) is 12.1 Å². The summed E-state index contributed by atoms with van der Waals surface area (Å²) in [4.78, 5) is 26.1. The van der Waals surface area contributed by atoms with Gasteiger partial charge >= 0.3 is 18.0 Å². The smallest absolute Gasteiger partial charge is 0.355 e. The molecule has 10 nitrogen and oxygen atoms in total. The van der Waals surface area contributed by atoms with Crippen LogP contribution < -0.4 is 10.6 Å². The molecule has 2 amide bonds. The van der Waals surface area contributed by atoms with Crippen molar-refractivity contribution in [3.8, 4) is 11.8 Å². The molecule has 2 aromatic carbocycles. The van der Waals surface area contributed by atoms with E-state index >= 15 is 0 Å². The highest BCUT2D eigenvalue weighted by Crippen LogP contribution is 2.52. The molecule has 0 aliphatic heterocycles. The molecule has 0 radical (unpaired) electrons. The fraction of sp³-hybridized carbons (Fsp3) is 0.231. The van der Waals surface area contributed by atoms with Gasteiger partial charge in [0.15, 0.2) is 0 Å². The molecule has 2 heterocycles. The number of anilines is 1. The first-order valence-corrected chi connectivity index (χ1v) is 12.5. The Labute approximate surface area is 248 Å². The van der Waals surface area contributed by atoms with Crippen molar-refractivity contribution in [2.45, 2.75) is 31.5 Å². The van der Waals surface area contributed by atoms with Crippen LogP contribution in [0.15, 0.2) is 48.7 Å². The van der Waals surface area contributed by atoms with Crippen molar-refractivity contribution in [3.05, 3.63) is 87.5 Å². The molecular weight excluding hydrogens is 625 g/mol. The predicted molar refractivity (Wildman–Crippen MR) is 140 cm³/mol. The van der Waals surface area contributed by atoms with Gasteiger partial charge in [-0.05, 0) is 42.8 Å². The van der Waals surface area contributed by atoms with Gasteiger partial charge in [0, 0.05) is 7.05 Å². The lowest BCUT2D eigenvalue weighted by atomic mass is 10.0. The number of rotatable bonds is 7. The molecular formula is C26H18ClF7N8O2. The lowest BCUT2D eigenvalue weighted by molar-refractivity contribution is -0.350. The zero-order valence-corrected chi connectivity index (χ0v) is 23.1. The number of nitrogens with zero attached hydrogens (tertiary/aromatic N) is 6. The normalized spacial score (nSPS) is 12.1. The number of nitrogens with one attached hydrogen (secondary N) is 2. The molecule has 0 saturated heterocycles. The fourth-order valence-electron chi connectivity index (χ4n) is 4.14. The fourth-order valence-corrected chi connectivity index (χ4v) is 4.35. The van der Waals surface area contributed by atoms with Crippen molar-refractivity contribution < 1.29 is 40.3 Å². The van der Waals surface area contributed by atoms with E-state index in [1.807, 2.05) is 6.07 Å². The molecule has 0 unspecified atom stereocenters. The highest BCUT2D eigenvalue weighted by molar-refractivity contribution is 6.32. The Morgan fingerprint density at radius 2 is 1.68 bits per heavy atom. The third kappa shape index (κ3) is 5.80. The molecule has 4 aromatic rings. The molecule has 0 aliphatic carbocycles. The minimum atomic E-state index is -6.39. The number of carbonyl (C=O) groups excluding carboxylic acids is 2. The summed E-state index contributed by atoms with van der Waals surface area (Å²) >= 11 is 6.29. The molecule has 2 aromatic heterocycles. The number of nitriles is 1. The van der Waals surface area contributed by atoms with Crippen LogP contribution in [0, 0.1) is 18.3 Å². The van der Waals surface area contributed by atoms with Crippen molar-refractivity contribution in [3.63, 3.8) is 0 Å². The molecule has 230 valence electrons. The minimum absolute atomic E-state index is 0.0411. The van der Waals surface area contributed by atoms with Crippen molar-refractivity contribution >= 4 is 29.1 Å². The van der Waals surface area contributed by atoms with E-state index in [4.69, 9.17) is 11.6 Å². The first-order valence-electron chi connectivity index (χ1n) is 12.2. The van der Waals surface area contributed by atoms with Crippen LogP contribution in [0.5, 0.6) is 0 Å². The maximum atomic E-state index is 14.4. The number of alkyl halides is 7. The summed E-state index contributed by atoms with van der Waals surface area (Å²) in [6.45, 7) is 0.894. The van der Waals surface area contributed by atoms with Crippen molar-refractivity contribution in [2.75, 3.05) is 12.4 Å². The summed E-state index contributed by atoms with van der Waals surface area (Å²) in [7, 11) is 1.34. The van der Waals surface area contributed by atoms with Crippen molar-refractivity contribution in [1.82, 2.24) is 30.1 Å². The van der Waals surface area contributed by atoms with E-state index in [1.165, 1.54) is 38.2 Å². The second-order valence-corrected chi connectivity index (χ2v) is 9.61. The molecule has 0 aliphatic rings. The molecule has 44 heavy (non-hydrogen) atoms. The van der Waals surface area contributed by atoms with Crippen molar-refractivity contribution in [2.24, 2.45) is 0 Å². The van der Waals surface area contributed by atoms with E-state index in [0.29, 0.717) is 10.2 Å². The van der Waals surface area contributed by atoms with Gasteiger partial charge in [-0.15, -0.1) is 5.10 Å². The lowest BCUT2D eigenvalue weighted by Gasteiger charge is -2.27. The van der Waals surface area contributed by atoms with E-state index in [0.717, 1.165) is 10.7 Å². The van der Waals surface area contributed by atoms with Crippen LogP contribution >= 0.6 is 11.6 Å². The van der Waals surface area contributed by atoms with Gasteiger partial charge in [0.25, 0.3) is 11.8 Å². The first-order chi connectivity index (χ1) is 20.5. The summed E-state index contributed by atoms with van der Waals surface area (Å²) in [6.07, 6.45) is -12.6. The number of aromatic nitrogens is 5. The SMILES string of the molecule is CNC(=O)c1cc(C#N)cc(C)c1NC(=O)c1cc(Cn2cc(C(F)(C(F)(F)F)C(F)(F)F)nn2)nn1-c1ccccc1Cl. The summed E-state index contributed by atoms with van der Waals surface area (Å²) in [6, 6.07) is 11.8. The van der Waals surface area contributed by atoms with Crippen LogP contribution in [0.25, 0.3) is 5.69 Å². The van der Waals surface area contributed by atoms with Gasteiger partial charge in [-0.2, -0.15) is 36.7 Å². The molecule has 0 spiro atoms. The number of benzene rings is 2. The van der Waals surface area contributed by atoms with E-state index in [9.17, 15) is 45.6 Å². The van der Waals surface area contributed by atoms with Crippen molar-refractivity contribution in [1.29, 1.82) is 5.26 Å². The van der Waals surface area contributed by atoms with Gasteiger partial charge in [0.2, 0.25) is 0 Å². The Morgan fingerprint density at radius 1 is 1.02 bits per heavy atom. The number of carbonyl (C=O) groups is 2. The minimum Gasteiger partial charge on any atom is -0.355 e. The van der Waals surface area contributed by atoms with Crippen LogP contribution in [0.4, 0.5) is 36.4 Å². The van der Waals surface area contributed by atoms with Gasteiger partial charge in [0.05, 0.1) is 52.0 Å². The first kappa shape index (κ1) is 31.9. The highest BCUT2D eigenvalue weighted by atomic mass is 35.5. The largest absolute Gasteiger partial charge is 0.437 e. The van der Waals surface area contributed by atoms with Gasteiger partial charge in [-0.1, -0.05) is 28.9 Å². The maximum Gasteiger partial charge on any atom is 0.437 e. The Kier molecular flexibility index (Phi) is 8.42. The Hall–Kier alpha value is -4.98. The Morgan fingerprint density at radius 3 is 2.27 bits per heavy atom. The lowest BCUT2D eigenvalue weighted by Crippen LogP contribution is -2.50. The monoisotopic (exact) mass is 642 g/mol. The molecule has 18 heteroatoms. The van der Waals surface area contributed by atoms with Gasteiger partial charge in [-0.3, -0.25) is 9.59 Å². The van der Waals surface area contributed by atoms with E-state index < -0.39 is 42.1 Å². The number of hydrogen-bond acceptors (Lipinski definition) is 6. The van der Waals surface area contributed by atoms with Crippen LogP contribution in [-0.4, -0.2) is 56.0 Å². The van der Waals surface area contributed by atoms with E-state index in [2.05, 4.69) is 26.0 Å². The second kappa shape index (κ2) is 11.6. The summed E-state index contributed by atoms with van der Waals surface area (Å²) in [5.74, 6) is -1.48. The number of hydrogen-bond donors (Lipinski definition) is 2. The zero-order valence-electron chi connectivity index (χ0n) is 22.3. The molecule has 4 rings (SSSR count). The summed E-state index contributed by atoms with van der Waals surface area (Å²) < 4.78 is 94.9. The number of amides is 2. The summed E-state index contributed by atoms with van der Waals surface area (Å²) in [5, 5.41) is 24.6. The number of aryl methyl sites for hydroxylation is 1. The van der Waals surface area contributed by atoms with Crippen LogP contribution in [0.1, 0.15) is 43.4 Å². The quantitative estimate of drug-likeness (QED) is 0.265.